The van der Waals surface area contributed by atoms with Crippen LogP contribution in [0.5, 0.6) is 0 Å². The molecule has 1 fully saturated rings. The molecule has 21 heavy (non-hydrogen) atoms. The number of hydrogen-bond donors (Lipinski definition) is 1. The van der Waals surface area contributed by atoms with Crippen LogP contribution in [-0.2, 0) is 0 Å². The zero-order valence-electron chi connectivity index (χ0n) is 12.5. The molecule has 0 unspecified atom stereocenters. The topological polar surface area (TPSA) is 57.8 Å². The number of anilines is 1. The van der Waals surface area contributed by atoms with Crippen molar-refractivity contribution in [2.75, 3.05) is 11.4 Å². The van der Waals surface area contributed by atoms with Crippen molar-refractivity contribution in [3.63, 3.8) is 0 Å². The van der Waals surface area contributed by atoms with Crippen molar-refractivity contribution in [1.29, 1.82) is 0 Å². The molecule has 2 aromatic rings. The van der Waals surface area contributed by atoms with Gasteiger partial charge in [0.15, 0.2) is 11.5 Å². The summed E-state index contributed by atoms with van der Waals surface area (Å²) in [5.41, 5.74) is 0.973. The van der Waals surface area contributed by atoms with Crippen LogP contribution in [0.4, 0.5) is 5.82 Å². The molecule has 5 nitrogen and oxygen atoms in total. The van der Waals surface area contributed by atoms with Crippen molar-refractivity contribution in [1.82, 2.24) is 9.38 Å². The molecule has 2 heterocycles. The Morgan fingerprint density at radius 3 is 2.86 bits per heavy atom. The van der Waals surface area contributed by atoms with E-state index in [2.05, 4.69) is 23.7 Å². The fourth-order valence-electron chi connectivity index (χ4n) is 2.63. The maximum atomic E-state index is 11.7. The third-order valence-electron chi connectivity index (χ3n) is 3.92. The second-order valence-corrected chi connectivity index (χ2v) is 6.13. The highest BCUT2D eigenvalue weighted by Gasteiger charge is 2.34. The van der Waals surface area contributed by atoms with Crippen LogP contribution >= 0.6 is 0 Å². The van der Waals surface area contributed by atoms with Gasteiger partial charge in [0, 0.05) is 18.8 Å². The number of hydrogen-bond acceptors (Lipinski definition) is 3. The number of nitrogens with zero attached hydrogens (tertiary/aromatic N) is 3. The number of fused-ring (bicyclic) bond motifs is 1. The van der Waals surface area contributed by atoms with Gasteiger partial charge in [0.25, 0.3) is 0 Å². The summed E-state index contributed by atoms with van der Waals surface area (Å²) in [6, 6.07) is 6.02. The van der Waals surface area contributed by atoms with Gasteiger partial charge in [-0.2, -0.15) is 0 Å². The molecule has 2 aromatic heterocycles. The van der Waals surface area contributed by atoms with E-state index >= 15 is 0 Å². The molecule has 0 aromatic carbocycles. The Morgan fingerprint density at radius 1 is 1.48 bits per heavy atom. The standard InChI is InChI=1S/C16H21N3O2/c1-11(2)8-10-18(12-6-7-12)15-14(16(20)21)19-9-4-3-5-13(19)17-15/h3-5,9,11-12H,6-8,10H2,1-2H3,(H,20,21). The lowest BCUT2D eigenvalue weighted by Crippen LogP contribution is -2.29. The zero-order valence-corrected chi connectivity index (χ0v) is 12.5. The molecule has 1 aliphatic carbocycles. The first kappa shape index (κ1) is 13.9. The second kappa shape index (κ2) is 5.39. The number of imidazole rings is 1. The highest BCUT2D eigenvalue weighted by molar-refractivity contribution is 5.93. The summed E-state index contributed by atoms with van der Waals surface area (Å²) in [6.07, 6.45) is 5.07. The Bertz CT molecular complexity index is 659. The molecular weight excluding hydrogens is 266 g/mol. The summed E-state index contributed by atoms with van der Waals surface area (Å²) in [5, 5.41) is 9.59. The SMILES string of the molecule is CC(C)CCN(c1nc2ccccn2c1C(=O)O)C1CC1. The van der Waals surface area contributed by atoms with Gasteiger partial charge in [-0.15, -0.1) is 0 Å². The number of aromatic nitrogens is 2. The molecule has 1 saturated carbocycles. The predicted octanol–water partition coefficient (Wildman–Crippen LogP) is 3.05. The van der Waals surface area contributed by atoms with Gasteiger partial charge in [-0.3, -0.25) is 4.40 Å². The van der Waals surface area contributed by atoms with Crippen LogP contribution in [0.25, 0.3) is 5.65 Å². The van der Waals surface area contributed by atoms with Crippen LogP contribution < -0.4 is 4.90 Å². The summed E-state index contributed by atoms with van der Waals surface area (Å²) in [6.45, 7) is 5.24. The first-order valence-electron chi connectivity index (χ1n) is 7.55. The van der Waals surface area contributed by atoms with E-state index in [1.807, 2.05) is 18.2 Å². The lowest BCUT2D eigenvalue weighted by molar-refractivity contribution is 0.0690. The molecule has 0 spiro atoms. The summed E-state index contributed by atoms with van der Waals surface area (Å²) >= 11 is 0. The van der Waals surface area contributed by atoms with Gasteiger partial charge in [-0.1, -0.05) is 19.9 Å². The lowest BCUT2D eigenvalue weighted by Gasteiger charge is -2.23. The smallest absolute Gasteiger partial charge is 0.356 e. The maximum Gasteiger partial charge on any atom is 0.356 e. The van der Waals surface area contributed by atoms with Crippen molar-refractivity contribution in [3.8, 4) is 0 Å². The van der Waals surface area contributed by atoms with Crippen molar-refractivity contribution < 1.29 is 9.90 Å². The van der Waals surface area contributed by atoms with Gasteiger partial charge >= 0.3 is 5.97 Å². The van der Waals surface area contributed by atoms with E-state index in [-0.39, 0.29) is 5.69 Å². The number of carbonyl (C=O) groups is 1. The largest absolute Gasteiger partial charge is 0.476 e. The third kappa shape index (κ3) is 2.73. The van der Waals surface area contributed by atoms with E-state index in [4.69, 9.17) is 0 Å². The monoisotopic (exact) mass is 287 g/mol. The fraction of sp³-hybridized carbons (Fsp3) is 0.500. The maximum absolute atomic E-state index is 11.7. The molecule has 0 atom stereocenters. The highest BCUT2D eigenvalue weighted by atomic mass is 16.4. The molecule has 0 amide bonds. The Balaban J connectivity index is 2.04. The fourth-order valence-corrected chi connectivity index (χ4v) is 2.63. The third-order valence-corrected chi connectivity index (χ3v) is 3.92. The number of pyridine rings is 1. The molecule has 0 bridgehead atoms. The molecular formula is C16H21N3O2. The second-order valence-electron chi connectivity index (χ2n) is 6.13. The summed E-state index contributed by atoms with van der Waals surface area (Å²) in [7, 11) is 0. The summed E-state index contributed by atoms with van der Waals surface area (Å²) < 4.78 is 1.67. The average Bonchev–Trinajstić information content (AvgIpc) is 3.18. The number of carboxylic acids is 1. The highest BCUT2D eigenvalue weighted by Crippen LogP contribution is 2.34. The van der Waals surface area contributed by atoms with Crippen LogP contribution in [0.1, 0.15) is 43.6 Å². The predicted molar refractivity (Wildman–Crippen MR) is 82.0 cm³/mol. The van der Waals surface area contributed by atoms with Gasteiger partial charge < -0.3 is 10.0 Å². The molecule has 0 aliphatic heterocycles. The first-order chi connectivity index (χ1) is 10.1. The van der Waals surface area contributed by atoms with E-state index in [1.54, 1.807) is 10.6 Å². The molecule has 1 N–H and O–H groups in total. The minimum absolute atomic E-state index is 0.279. The van der Waals surface area contributed by atoms with Crippen LogP contribution in [0.2, 0.25) is 0 Å². The van der Waals surface area contributed by atoms with Gasteiger partial charge in [-0.25, -0.2) is 9.78 Å². The van der Waals surface area contributed by atoms with Crippen molar-refractivity contribution in [2.24, 2.45) is 5.92 Å². The van der Waals surface area contributed by atoms with Crippen LogP contribution in [0.3, 0.4) is 0 Å². The molecule has 0 radical (unpaired) electrons. The van der Waals surface area contributed by atoms with E-state index in [9.17, 15) is 9.90 Å². The van der Waals surface area contributed by atoms with Crippen molar-refractivity contribution >= 4 is 17.4 Å². The Hall–Kier alpha value is -2.04. The molecule has 112 valence electrons. The molecule has 3 rings (SSSR count). The van der Waals surface area contributed by atoms with E-state index < -0.39 is 5.97 Å². The van der Waals surface area contributed by atoms with Crippen molar-refractivity contribution in [3.05, 3.63) is 30.1 Å². The average molecular weight is 287 g/mol. The van der Waals surface area contributed by atoms with Gasteiger partial charge in [0.1, 0.15) is 5.65 Å². The molecule has 5 heteroatoms. The van der Waals surface area contributed by atoms with E-state index in [1.165, 1.54) is 0 Å². The van der Waals surface area contributed by atoms with Crippen LogP contribution in [0, 0.1) is 5.92 Å². The molecule has 1 aliphatic rings. The lowest BCUT2D eigenvalue weighted by atomic mass is 10.1. The number of carboxylic acid groups (broad SMARTS) is 1. The summed E-state index contributed by atoms with van der Waals surface area (Å²) in [4.78, 5) is 18.5. The minimum Gasteiger partial charge on any atom is -0.476 e. The van der Waals surface area contributed by atoms with Crippen LogP contribution in [0.15, 0.2) is 24.4 Å². The van der Waals surface area contributed by atoms with Gasteiger partial charge in [0.2, 0.25) is 0 Å². The minimum atomic E-state index is -0.918. The molecule has 0 saturated heterocycles. The Morgan fingerprint density at radius 2 is 2.24 bits per heavy atom. The van der Waals surface area contributed by atoms with E-state index in [0.717, 1.165) is 25.8 Å². The number of aromatic carboxylic acids is 1. The van der Waals surface area contributed by atoms with Gasteiger partial charge in [0.05, 0.1) is 0 Å². The van der Waals surface area contributed by atoms with Crippen molar-refractivity contribution in [2.45, 2.75) is 39.2 Å². The zero-order chi connectivity index (χ0) is 15.0. The van der Waals surface area contributed by atoms with E-state index in [0.29, 0.717) is 23.4 Å². The first-order valence-corrected chi connectivity index (χ1v) is 7.55. The Labute approximate surface area is 124 Å². The Kier molecular flexibility index (Phi) is 3.57. The van der Waals surface area contributed by atoms with Crippen LogP contribution in [-0.4, -0.2) is 33.0 Å². The normalized spacial score (nSPS) is 14.8. The summed E-state index contributed by atoms with van der Waals surface area (Å²) in [5.74, 6) is 0.298. The number of rotatable bonds is 6. The quantitative estimate of drug-likeness (QED) is 0.887. The van der Waals surface area contributed by atoms with Gasteiger partial charge in [-0.05, 0) is 37.3 Å².